The first-order chi connectivity index (χ1) is 15.9. The van der Waals surface area contributed by atoms with Crippen molar-refractivity contribution in [1.82, 2.24) is 29.5 Å². The number of ether oxygens (including phenoxy) is 2. The van der Waals surface area contributed by atoms with E-state index in [0.717, 1.165) is 20.9 Å². The van der Waals surface area contributed by atoms with E-state index in [1.807, 2.05) is 0 Å². The SMILES string of the molecule is COCCBr.COCCn1cnc2cc(Br)cnc2c1=O.O=c1[nH]cnc2cc(Br)cnc12. The second kappa shape index (κ2) is 14.3. The van der Waals surface area contributed by atoms with Crippen LogP contribution in [-0.4, -0.2) is 62.3 Å². The Hall–Kier alpha value is -2.06. The molecule has 1 N–H and O–H groups in total. The molecule has 0 bridgehead atoms. The minimum atomic E-state index is -0.215. The van der Waals surface area contributed by atoms with Gasteiger partial charge in [-0.15, -0.1) is 0 Å². The summed E-state index contributed by atoms with van der Waals surface area (Å²) in [7, 11) is 3.27. The number of hydrogen-bond acceptors (Lipinski definition) is 8. The van der Waals surface area contributed by atoms with Crippen LogP contribution in [0.5, 0.6) is 0 Å². The molecule has 0 radical (unpaired) electrons. The number of fused-ring (bicyclic) bond motifs is 2. The Kier molecular flexibility index (Phi) is 11.7. The zero-order chi connectivity index (χ0) is 24.2. The van der Waals surface area contributed by atoms with E-state index in [0.29, 0.717) is 35.2 Å². The Bertz CT molecular complexity index is 1300. The molecule has 4 rings (SSSR count). The van der Waals surface area contributed by atoms with Crippen LogP contribution in [-0.2, 0) is 16.0 Å². The Balaban J connectivity index is 0.000000200. The van der Waals surface area contributed by atoms with Gasteiger partial charge in [0.15, 0.2) is 11.0 Å². The number of halogens is 3. The van der Waals surface area contributed by atoms with Crippen molar-refractivity contribution in [3.63, 3.8) is 0 Å². The van der Waals surface area contributed by atoms with E-state index >= 15 is 0 Å². The first-order valence-electron chi connectivity index (χ1n) is 9.44. The van der Waals surface area contributed by atoms with Crippen LogP contribution in [0.25, 0.3) is 22.1 Å². The van der Waals surface area contributed by atoms with Crippen molar-refractivity contribution in [2.24, 2.45) is 0 Å². The predicted octanol–water partition coefficient (Wildman–Crippen LogP) is 3.31. The normalized spacial score (nSPS) is 10.3. The van der Waals surface area contributed by atoms with Crippen molar-refractivity contribution < 1.29 is 9.47 Å². The van der Waals surface area contributed by atoms with Crippen molar-refractivity contribution in [3.05, 3.63) is 66.8 Å². The minimum Gasteiger partial charge on any atom is -0.384 e. The van der Waals surface area contributed by atoms with Crippen LogP contribution in [0, 0.1) is 0 Å². The lowest BCUT2D eigenvalue weighted by Crippen LogP contribution is -2.23. The Morgan fingerprint density at radius 1 is 0.909 bits per heavy atom. The maximum absolute atomic E-state index is 11.9. The van der Waals surface area contributed by atoms with Crippen LogP contribution in [0.15, 0.2) is 55.7 Å². The number of H-pyrrole nitrogens is 1. The molecule has 0 saturated carbocycles. The van der Waals surface area contributed by atoms with Gasteiger partial charge in [0.1, 0.15) is 0 Å². The second-order valence-electron chi connectivity index (χ2n) is 6.19. The van der Waals surface area contributed by atoms with E-state index in [2.05, 4.69) is 77.4 Å². The summed E-state index contributed by atoms with van der Waals surface area (Å²) in [6, 6.07) is 3.52. The molecule has 0 spiro atoms. The van der Waals surface area contributed by atoms with Gasteiger partial charge in [-0.1, -0.05) is 15.9 Å². The fourth-order valence-corrected chi connectivity index (χ4v) is 3.33. The van der Waals surface area contributed by atoms with Crippen LogP contribution in [0.1, 0.15) is 0 Å². The fourth-order valence-electron chi connectivity index (χ4n) is 2.37. The molecule has 0 unspecified atom stereocenters. The summed E-state index contributed by atoms with van der Waals surface area (Å²) in [6.07, 6.45) is 6.03. The topological polar surface area (TPSA) is 125 Å². The molecular weight excluding hydrogens is 628 g/mol. The van der Waals surface area contributed by atoms with Crippen molar-refractivity contribution in [1.29, 1.82) is 0 Å². The molecule has 4 aromatic heterocycles. The lowest BCUT2D eigenvalue weighted by molar-refractivity contribution is 0.186. The third-order valence-corrected chi connectivity index (χ3v) is 5.09. The minimum absolute atomic E-state index is 0.144. The molecule has 176 valence electrons. The molecule has 0 atom stereocenters. The third-order valence-electron chi connectivity index (χ3n) is 3.90. The van der Waals surface area contributed by atoms with Gasteiger partial charge in [0, 0.05) is 40.9 Å². The van der Waals surface area contributed by atoms with Gasteiger partial charge in [-0.25, -0.2) is 19.9 Å². The number of aromatic amines is 1. The number of rotatable bonds is 5. The molecule has 0 saturated heterocycles. The molecule has 0 aliphatic carbocycles. The Labute approximate surface area is 214 Å². The van der Waals surface area contributed by atoms with Gasteiger partial charge in [0.2, 0.25) is 0 Å². The number of aromatic nitrogens is 6. The second-order valence-corrected chi connectivity index (χ2v) is 8.82. The van der Waals surface area contributed by atoms with Crippen LogP contribution in [0.2, 0.25) is 0 Å². The van der Waals surface area contributed by atoms with Crippen LogP contribution in [0.3, 0.4) is 0 Å². The molecule has 0 aliphatic rings. The third kappa shape index (κ3) is 8.34. The van der Waals surface area contributed by atoms with E-state index in [1.54, 1.807) is 38.7 Å². The average Bonchev–Trinajstić information content (AvgIpc) is 2.80. The largest absolute Gasteiger partial charge is 0.384 e. The highest BCUT2D eigenvalue weighted by atomic mass is 79.9. The highest BCUT2D eigenvalue weighted by molar-refractivity contribution is 9.10. The standard InChI is InChI=1S/C10H10BrN3O2.C7H4BrN3O.C3H7BrO/c1-16-3-2-14-6-13-8-4-7(11)5-12-9(8)10(14)15;8-4-1-5-6(9-2-4)7(12)11-3-10-5;1-5-3-2-4/h4-6H,2-3H2,1H3;1-3H,(H,10,11,12);2-3H2,1H3. The quantitative estimate of drug-likeness (QED) is 0.327. The highest BCUT2D eigenvalue weighted by Gasteiger charge is 2.05. The number of nitrogens with one attached hydrogen (secondary N) is 1. The molecule has 0 fully saturated rings. The lowest BCUT2D eigenvalue weighted by atomic mass is 10.3. The zero-order valence-electron chi connectivity index (χ0n) is 17.8. The van der Waals surface area contributed by atoms with Crippen molar-refractivity contribution >= 4 is 69.9 Å². The Morgan fingerprint density at radius 2 is 1.52 bits per heavy atom. The van der Waals surface area contributed by atoms with Gasteiger partial charge >= 0.3 is 0 Å². The van der Waals surface area contributed by atoms with E-state index < -0.39 is 0 Å². The van der Waals surface area contributed by atoms with E-state index in [1.165, 1.54) is 17.2 Å². The van der Waals surface area contributed by atoms with Gasteiger partial charge in [-0.05, 0) is 44.0 Å². The maximum Gasteiger partial charge on any atom is 0.279 e. The smallest absolute Gasteiger partial charge is 0.279 e. The molecule has 33 heavy (non-hydrogen) atoms. The summed E-state index contributed by atoms with van der Waals surface area (Å²) in [5, 5.41) is 0.934. The summed E-state index contributed by atoms with van der Waals surface area (Å²) < 4.78 is 12.7. The molecule has 0 amide bonds. The van der Waals surface area contributed by atoms with Crippen molar-refractivity contribution in [3.8, 4) is 0 Å². The summed E-state index contributed by atoms with van der Waals surface area (Å²) in [5.41, 5.74) is 1.56. The predicted molar refractivity (Wildman–Crippen MR) is 137 cm³/mol. The zero-order valence-corrected chi connectivity index (χ0v) is 22.6. The summed E-state index contributed by atoms with van der Waals surface area (Å²) >= 11 is 9.71. The molecule has 13 heteroatoms. The van der Waals surface area contributed by atoms with Crippen molar-refractivity contribution in [2.75, 3.05) is 32.8 Å². The van der Waals surface area contributed by atoms with Gasteiger partial charge in [-0.3, -0.25) is 14.2 Å². The summed E-state index contributed by atoms with van der Waals surface area (Å²) in [5.74, 6) is 0. The first-order valence-corrected chi connectivity index (χ1v) is 12.2. The molecular formula is C20H21Br3N6O4. The fraction of sp³-hybridized carbons (Fsp3) is 0.300. The molecule has 0 aliphatic heterocycles. The number of nitrogens with zero attached hydrogens (tertiary/aromatic N) is 5. The molecule has 10 nitrogen and oxygen atoms in total. The molecule has 4 heterocycles. The number of alkyl halides is 1. The van der Waals surface area contributed by atoms with Gasteiger partial charge < -0.3 is 14.5 Å². The molecule has 0 aromatic carbocycles. The Morgan fingerprint density at radius 3 is 2.09 bits per heavy atom. The number of methoxy groups -OCH3 is 2. The average molecular weight is 649 g/mol. The summed E-state index contributed by atoms with van der Waals surface area (Å²) in [4.78, 5) is 41.6. The van der Waals surface area contributed by atoms with Crippen LogP contribution in [0.4, 0.5) is 0 Å². The van der Waals surface area contributed by atoms with Gasteiger partial charge in [-0.2, -0.15) is 0 Å². The van der Waals surface area contributed by atoms with E-state index in [-0.39, 0.29) is 11.1 Å². The lowest BCUT2D eigenvalue weighted by Gasteiger charge is -2.04. The monoisotopic (exact) mass is 646 g/mol. The summed E-state index contributed by atoms with van der Waals surface area (Å²) in [6.45, 7) is 1.76. The number of pyridine rings is 2. The van der Waals surface area contributed by atoms with Crippen molar-refractivity contribution in [2.45, 2.75) is 6.54 Å². The van der Waals surface area contributed by atoms with Crippen LogP contribution < -0.4 is 11.1 Å². The van der Waals surface area contributed by atoms with Crippen LogP contribution >= 0.6 is 47.8 Å². The van der Waals surface area contributed by atoms with Gasteiger partial charge in [0.25, 0.3) is 11.1 Å². The highest BCUT2D eigenvalue weighted by Crippen LogP contribution is 2.12. The molecule has 4 aromatic rings. The first kappa shape index (κ1) is 27.2. The van der Waals surface area contributed by atoms with E-state index in [4.69, 9.17) is 4.74 Å². The number of hydrogen-bond donors (Lipinski definition) is 1. The van der Waals surface area contributed by atoms with Gasteiger partial charge in [0.05, 0.1) is 43.4 Å². The van der Waals surface area contributed by atoms with E-state index in [9.17, 15) is 9.59 Å². The maximum atomic E-state index is 11.9.